The molecule has 0 aliphatic carbocycles. The van der Waals surface area contributed by atoms with Gasteiger partial charge in [0.15, 0.2) is 0 Å². The summed E-state index contributed by atoms with van der Waals surface area (Å²) in [6.07, 6.45) is 0. The second kappa shape index (κ2) is 10.4. The second-order valence-electron chi connectivity index (χ2n) is 9.59. The van der Waals surface area contributed by atoms with Gasteiger partial charge in [0, 0.05) is 61.1 Å². The number of hydrogen-bond donors (Lipinski definition) is 0. The predicted molar refractivity (Wildman–Crippen MR) is 159 cm³/mol. The molecule has 0 fully saturated rings. The molecule has 0 unspecified atom stereocenters. The third-order valence-corrected chi connectivity index (χ3v) is 9.07. The molecule has 0 saturated heterocycles. The molecule has 0 spiro atoms. The zero-order valence-corrected chi connectivity index (χ0v) is 24.0. The SMILES string of the molecule is CN(C)c1cccc2c(S(=O)(=O)Oc3ccc(OS(=O)(=O)c4cccc5c(N(C)C)cccc45)cc3)cccc12. The number of hydrogen-bond acceptors (Lipinski definition) is 8. The summed E-state index contributed by atoms with van der Waals surface area (Å²) in [5.74, 6) is 0.0394. The van der Waals surface area contributed by atoms with E-state index >= 15 is 0 Å². The molecule has 5 aromatic carbocycles. The van der Waals surface area contributed by atoms with Gasteiger partial charge in [0.05, 0.1) is 0 Å². The van der Waals surface area contributed by atoms with Gasteiger partial charge in [-0.15, -0.1) is 0 Å². The molecule has 0 radical (unpaired) electrons. The van der Waals surface area contributed by atoms with Crippen molar-refractivity contribution < 1.29 is 25.2 Å². The highest BCUT2D eigenvalue weighted by Gasteiger charge is 2.23. The third-order valence-electron chi connectivity index (χ3n) is 6.46. The minimum atomic E-state index is -4.19. The van der Waals surface area contributed by atoms with Gasteiger partial charge >= 0.3 is 20.2 Å². The Morgan fingerprint density at radius 3 is 1.12 bits per heavy atom. The van der Waals surface area contributed by atoms with Gasteiger partial charge in [0.25, 0.3) is 0 Å². The molecule has 0 N–H and O–H groups in total. The Hall–Kier alpha value is -4.28. The predicted octanol–water partition coefficient (Wildman–Crippen LogP) is 5.66. The molecule has 8 nitrogen and oxygen atoms in total. The van der Waals surface area contributed by atoms with E-state index in [1.165, 1.54) is 36.4 Å². The van der Waals surface area contributed by atoms with Crippen molar-refractivity contribution in [3.8, 4) is 11.5 Å². The lowest BCUT2D eigenvalue weighted by molar-refractivity contribution is 0.478. The van der Waals surface area contributed by atoms with Crippen LogP contribution in [0, 0.1) is 0 Å². The van der Waals surface area contributed by atoms with Crippen LogP contribution in [0.25, 0.3) is 21.5 Å². The molecule has 0 heterocycles. The minimum absolute atomic E-state index is 0.0197. The van der Waals surface area contributed by atoms with Crippen molar-refractivity contribution in [3.63, 3.8) is 0 Å². The van der Waals surface area contributed by atoms with Gasteiger partial charge in [-0.05, 0) is 48.5 Å². The first-order valence-corrected chi connectivity index (χ1v) is 15.2. The largest absolute Gasteiger partial charge is 0.379 e. The molecule has 0 aromatic heterocycles. The number of anilines is 2. The van der Waals surface area contributed by atoms with Gasteiger partial charge in [0.2, 0.25) is 0 Å². The first-order valence-electron chi connectivity index (χ1n) is 12.3. The van der Waals surface area contributed by atoms with Crippen LogP contribution in [0.1, 0.15) is 0 Å². The van der Waals surface area contributed by atoms with Crippen LogP contribution >= 0.6 is 0 Å². The average Bonchev–Trinajstić information content (AvgIpc) is 2.92. The first-order chi connectivity index (χ1) is 19.0. The van der Waals surface area contributed by atoms with Crippen LogP contribution in [0.5, 0.6) is 11.5 Å². The highest BCUT2D eigenvalue weighted by atomic mass is 32.2. The highest BCUT2D eigenvalue weighted by Crippen LogP contribution is 2.34. The van der Waals surface area contributed by atoms with Crippen molar-refractivity contribution in [3.05, 3.63) is 97.1 Å². The summed E-state index contributed by atoms with van der Waals surface area (Å²) in [7, 11) is -0.835. The first kappa shape index (κ1) is 27.3. The maximum absolute atomic E-state index is 13.2. The Bertz CT molecular complexity index is 1790. The maximum Gasteiger partial charge on any atom is 0.339 e. The number of nitrogens with zero attached hydrogens (tertiary/aromatic N) is 2. The Kier molecular flexibility index (Phi) is 7.07. The van der Waals surface area contributed by atoms with Crippen molar-refractivity contribution in [2.75, 3.05) is 38.0 Å². The average molecular weight is 577 g/mol. The Labute approximate surface area is 234 Å². The van der Waals surface area contributed by atoms with Crippen LogP contribution in [0.3, 0.4) is 0 Å². The van der Waals surface area contributed by atoms with E-state index in [1.54, 1.807) is 36.4 Å². The minimum Gasteiger partial charge on any atom is -0.379 e. The lowest BCUT2D eigenvalue weighted by atomic mass is 10.1. The Morgan fingerprint density at radius 1 is 0.450 bits per heavy atom. The molecule has 5 aromatic rings. The molecule has 0 amide bonds. The van der Waals surface area contributed by atoms with Gasteiger partial charge in [-0.3, -0.25) is 0 Å². The fourth-order valence-corrected chi connectivity index (χ4v) is 6.93. The van der Waals surface area contributed by atoms with Crippen molar-refractivity contribution in [2.45, 2.75) is 9.79 Å². The van der Waals surface area contributed by atoms with E-state index in [9.17, 15) is 16.8 Å². The quantitative estimate of drug-likeness (QED) is 0.219. The van der Waals surface area contributed by atoms with E-state index in [1.807, 2.05) is 62.3 Å². The van der Waals surface area contributed by atoms with E-state index in [-0.39, 0.29) is 21.3 Å². The lowest BCUT2D eigenvalue weighted by Crippen LogP contribution is -2.13. The summed E-state index contributed by atoms with van der Waals surface area (Å²) >= 11 is 0. The smallest absolute Gasteiger partial charge is 0.339 e. The summed E-state index contributed by atoms with van der Waals surface area (Å²) in [4.78, 5) is 3.88. The number of fused-ring (bicyclic) bond motifs is 2. The van der Waals surface area contributed by atoms with Gasteiger partial charge in [-0.2, -0.15) is 16.8 Å². The van der Waals surface area contributed by atoms with Gasteiger partial charge < -0.3 is 18.2 Å². The van der Waals surface area contributed by atoms with Crippen LogP contribution in [0.15, 0.2) is 107 Å². The maximum atomic E-state index is 13.2. The van der Waals surface area contributed by atoms with Gasteiger partial charge in [-0.1, -0.05) is 48.5 Å². The standard InChI is InChI=1S/C30H28N2O6S2/c1-31(2)27-13-5-11-25-23(27)9-7-15-29(25)39(33,34)37-21-17-19-22(20-18-21)38-40(35,36)30-16-8-10-24-26(30)12-6-14-28(24)32(3)4/h5-20H,1-4H3. The van der Waals surface area contributed by atoms with Crippen LogP contribution in [0.4, 0.5) is 11.4 Å². The van der Waals surface area contributed by atoms with E-state index in [4.69, 9.17) is 8.37 Å². The second-order valence-corrected chi connectivity index (χ2v) is 12.6. The van der Waals surface area contributed by atoms with E-state index < -0.39 is 20.2 Å². The number of benzene rings is 5. The van der Waals surface area contributed by atoms with Gasteiger partial charge in [0.1, 0.15) is 21.3 Å². The molecule has 10 heteroatoms. The van der Waals surface area contributed by atoms with Crippen LogP contribution in [-0.2, 0) is 20.2 Å². The normalized spacial score (nSPS) is 11.9. The Balaban J connectivity index is 1.41. The molecule has 0 saturated carbocycles. The summed E-state index contributed by atoms with van der Waals surface area (Å²) in [6.45, 7) is 0. The van der Waals surface area contributed by atoms with E-state index in [2.05, 4.69) is 0 Å². The van der Waals surface area contributed by atoms with Crippen LogP contribution in [0.2, 0.25) is 0 Å². The van der Waals surface area contributed by atoms with Crippen molar-refractivity contribution in [2.24, 2.45) is 0 Å². The van der Waals surface area contributed by atoms with Crippen molar-refractivity contribution in [1.29, 1.82) is 0 Å². The molecule has 0 atom stereocenters. The zero-order chi connectivity index (χ0) is 28.7. The van der Waals surface area contributed by atoms with Crippen LogP contribution in [-0.4, -0.2) is 45.0 Å². The molecular weight excluding hydrogens is 548 g/mol. The molecule has 5 rings (SSSR count). The summed E-state index contributed by atoms with van der Waals surface area (Å²) in [5, 5.41) is 2.62. The van der Waals surface area contributed by atoms with Gasteiger partial charge in [-0.25, -0.2) is 0 Å². The topological polar surface area (TPSA) is 93.2 Å². The molecule has 40 heavy (non-hydrogen) atoms. The lowest BCUT2D eigenvalue weighted by Gasteiger charge is -2.17. The molecule has 0 aliphatic heterocycles. The van der Waals surface area contributed by atoms with Crippen molar-refractivity contribution >= 4 is 53.2 Å². The summed E-state index contributed by atoms with van der Waals surface area (Å²) < 4.78 is 63.7. The molecule has 0 aliphatic rings. The molecular formula is C30H28N2O6S2. The van der Waals surface area contributed by atoms with Crippen molar-refractivity contribution in [1.82, 2.24) is 0 Å². The highest BCUT2D eigenvalue weighted by molar-refractivity contribution is 7.87. The van der Waals surface area contributed by atoms with Crippen LogP contribution < -0.4 is 18.2 Å². The fourth-order valence-electron chi connectivity index (χ4n) is 4.64. The van der Waals surface area contributed by atoms with E-state index in [0.29, 0.717) is 10.8 Å². The summed E-state index contributed by atoms with van der Waals surface area (Å²) in [5.41, 5.74) is 1.75. The molecule has 206 valence electrons. The van der Waals surface area contributed by atoms with E-state index in [0.717, 1.165) is 22.1 Å². The molecule has 0 bridgehead atoms. The zero-order valence-electron chi connectivity index (χ0n) is 22.4. The monoisotopic (exact) mass is 576 g/mol. The Morgan fingerprint density at radius 2 is 0.775 bits per heavy atom. The number of rotatable bonds is 8. The summed E-state index contributed by atoms with van der Waals surface area (Å²) in [6, 6.07) is 26.3. The fraction of sp³-hybridized carbons (Fsp3) is 0.133. The third kappa shape index (κ3) is 5.15.